The molecule has 0 atom stereocenters. The van der Waals surface area contributed by atoms with E-state index in [1.807, 2.05) is 17.5 Å². The Bertz CT molecular complexity index is 422. The third-order valence-electron chi connectivity index (χ3n) is 3.58. The molecule has 4 nitrogen and oxygen atoms in total. The first-order chi connectivity index (χ1) is 9.20. The number of nitrogens with zero attached hydrogens (tertiary/aromatic N) is 1. The van der Waals surface area contributed by atoms with Gasteiger partial charge in [0.1, 0.15) is 0 Å². The fourth-order valence-electron chi connectivity index (χ4n) is 2.39. The zero-order chi connectivity index (χ0) is 13.7. The Kier molecular flexibility index (Phi) is 5.10. The summed E-state index contributed by atoms with van der Waals surface area (Å²) in [5.41, 5.74) is 0. The van der Waals surface area contributed by atoms with Crippen LogP contribution in [-0.2, 0) is 9.53 Å². The van der Waals surface area contributed by atoms with Gasteiger partial charge in [-0.15, -0.1) is 11.3 Å². The number of hydrogen-bond acceptors (Lipinski definition) is 5. The van der Waals surface area contributed by atoms with Crippen molar-refractivity contribution < 1.29 is 14.3 Å². The molecule has 1 aromatic rings. The maximum atomic E-state index is 12.2. The van der Waals surface area contributed by atoms with Crippen LogP contribution in [0.4, 0.5) is 0 Å². The van der Waals surface area contributed by atoms with Crippen LogP contribution in [0.2, 0.25) is 0 Å². The topological polar surface area (TPSA) is 46.6 Å². The van der Waals surface area contributed by atoms with Crippen LogP contribution in [-0.4, -0.2) is 43.4 Å². The summed E-state index contributed by atoms with van der Waals surface area (Å²) in [7, 11) is 1.41. The van der Waals surface area contributed by atoms with Gasteiger partial charge < -0.3 is 9.64 Å². The number of likely N-dealkylation sites (tertiary alicyclic amines) is 1. The van der Waals surface area contributed by atoms with Crippen LogP contribution in [0.25, 0.3) is 0 Å². The Morgan fingerprint density at radius 2 is 2.16 bits per heavy atom. The number of esters is 1. The number of carbonyl (C=O) groups is 2. The van der Waals surface area contributed by atoms with Crippen LogP contribution in [0.1, 0.15) is 28.9 Å². The Hall–Kier alpha value is -1.20. The first kappa shape index (κ1) is 14.2. The molecule has 0 radical (unpaired) electrons. The predicted octanol–water partition coefficient (Wildman–Crippen LogP) is 2.21. The second kappa shape index (κ2) is 6.82. The molecule has 1 aromatic heterocycles. The first-order valence-corrected chi connectivity index (χ1v) is 7.45. The van der Waals surface area contributed by atoms with E-state index >= 15 is 0 Å². The average molecular weight is 281 g/mol. The Morgan fingerprint density at radius 1 is 1.42 bits per heavy atom. The van der Waals surface area contributed by atoms with Crippen LogP contribution in [0.5, 0.6) is 0 Å². The summed E-state index contributed by atoms with van der Waals surface area (Å²) >= 11 is 1.52. The molecular formula is C14H19NO3S. The van der Waals surface area contributed by atoms with E-state index in [4.69, 9.17) is 0 Å². The lowest BCUT2D eigenvalue weighted by atomic mass is 9.91. The van der Waals surface area contributed by atoms with Crippen LogP contribution in [0.15, 0.2) is 17.5 Å². The smallest absolute Gasteiger partial charge is 0.306 e. The highest BCUT2D eigenvalue weighted by atomic mass is 32.1. The van der Waals surface area contributed by atoms with Crippen LogP contribution < -0.4 is 0 Å². The number of Topliss-reactive ketones (excluding diaryl/α,β-unsaturated/α-hetero) is 1. The van der Waals surface area contributed by atoms with Crippen molar-refractivity contribution in [3.8, 4) is 0 Å². The van der Waals surface area contributed by atoms with E-state index in [1.54, 1.807) is 0 Å². The summed E-state index contributed by atoms with van der Waals surface area (Å²) in [5.74, 6) is 0.257. The SMILES string of the molecule is COC(=O)CCN1CCC(C(=O)c2cccs2)CC1. The largest absolute Gasteiger partial charge is 0.469 e. The quantitative estimate of drug-likeness (QED) is 0.613. The minimum Gasteiger partial charge on any atom is -0.469 e. The van der Waals surface area contributed by atoms with E-state index < -0.39 is 0 Å². The number of methoxy groups -OCH3 is 1. The second-order valence-corrected chi connectivity index (χ2v) is 5.73. The molecule has 2 heterocycles. The molecular weight excluding hydrogens is 262 g/mol. The standard InChI is InChI=1S/C14H19NO3S/c1-18-13(16)6-9-15-7-4-11(5-8-15)14(17)12-3-2-10-19-12/h2-3,10-11H,4-9H2,1H3. The minimum absolute atomic E-state index is 0.146. The molecule has 1 saturated heterocycles. The van der Waals surface area contributed by atoms with Crippen molar-refractivity contribution in [3.05, 3.63) is 22.4 Å². The van der Waals surface area contributed by atoms with Crippen molar-refractivity contribution in [1.29, 1.82) is 0 Å². The van der Waals surface area contributed by atoms with Crippen molar-refractivity contribution in [2.45, 2.75) is 19.3 Å². The second-order valence-electron chi connectivity index (χ2n) is 4.78. The fourth-order valence-corrected chi connectivity index (χ4v) is 3.13. The zero-order valence-electron chi connectivity index (χ0n) is 11.1. The van der Waals surface area contributed by atoms with E-state index in [-0.39, 0.29) is 17.7 Å². The molecule has 5 heteroatoms. The molecule has 0 unspecified atom stereocenters. The zero-order valence-corrected chi connectivity index (χ0v) is 11.9. The number of thiophene rings is 1. The summed E-state index contributed by atoms with van der Waals surface area (Å²) in [4.78, 5) is 26.4. The lowest BCUT2D eigenvalue weighted by molar-refractivity contribution is -0.141. The maximum Gasteiger partial charge on any atom is 0.306 e. The van der Waals surface area contributed by atoms with Gasteiger partial charge >= 0.3 is 5.97 Å². The van der Waals surface area contributed by atoms with Crippen molar-refractivity contribution in [2.24, 2.45) is 5.92 Å². The van der Waals surface area contributed by atoms with Crippen molar-refractivity contribution >= 4 is 23.1 Å². The summed E-state index contributed by atoms with van der Waals surface area (Å²) in [6.45, 7) is 2.50. The third-order valence-corrected chi connectivity index (χ3v) is 4.47. The van der Waals surface area contributed by atoms with Crippen LogP contribution >= 0.6 is 11.3 Å². The molecule has 0 spiro atoms. The van der Waals surface area contributed by atoms with E-state index in [2.05, 4.69) is 9.64 Å². The number of ketones is 1. The molecule has 0 bridgehead atoms. The van der Waals surface area contributed by atoms with Crippen LogP contribution in [0.3, 0.4) is 0 Å². The first-order valence-electron chi connectivity index (χ1n) is 6.57. The molecule has 0 amide bonds. The molecule has 104 valence electrons. The lowest BCUT2D eigenvalue weighted by Crippen LogP contribution is -2.37. The average Bonchev–Trinajstić information content (AvgIpc) is 2.98. The summed E-state index contributed by atoms with van der Waals surface area (Å²) < 4.78 is 4.63. The highest BCUT2D eigenvalue weighted by Gasteiger charge is 2.26. The van der Waals surface area contributed by atoms with Crippen molar-refractivity contribution in [3.63, 3.8) is 0 Å². The molecule has 19 heavy (non-hydrogen) atoms. The molecule has 1 aliphatic rings. The summed E-state index contributed by atoms with van der Waals surface area (Å²) in [6.07, 6.45) is 2.20. The number of carbonyl (C=O) groups excluding carboxylic acids is 2. The molecule has 1 fully saturated rings. The van der Waals surface area contributed by atoms with E-state index in [0.717, 1.165) is 37.4 Å². The molecule has 0 saturated carbocycles. The van der Waals surface area contributed by atoms with Crippen molar-refractivity contribution in [1.82, 2.24) is 4.90 Å². The monoisotopic (exact) mass is 281 g/mol. The van der Waals surface area contributed by atoms with E-state index in [9.17, 15) is 9.59 Å². The lowest BCUT2D eigenvalue weighted by Gasteiger charge is -2.30. The number of piperidine rings is 1. The van der Waals surface area contributed by atoms with Gasteiger partial charge in [0.2, 0.25) is 0 Å². The molecule has 0 N–H and O–H groups in total. The molecule has 1 aliphatic heterocycles. The molecule has 0 aliphatic carbocycles. The highest BCUT2D eigenvalue weighted by molar-refractivity contribution is 7.12. The number of ether oxygens (including phenoxy) is 1. The maximum absolute atomic E-state index is 12.2. The predicted molar refractivity (Wildman–Crippen MR) is 74.4 cm³/mol. The minimum atomic E-state index is -0.170. The summed E-state index contributed by atoms with van der Waals surface area (Å²) in [5, 5.41) is 1.94. The van der Waals surface area contributed by atoms with Crippen LogP contribution in [0, 0.1) is 5.92 Å². The Balaban J connectivity index is 1.76. The van der Waals surface area contributed by atoms with E-state index in [0.29, 0.717) is 6.42 Å². The highest BCUT2D eigenvalue weighted by Crippen LogP contribution is 2.23. The van der Waals surface area contributed by atoms with Crippen molar-refractivity contribution in [2.75, 3.05) is 26.7 Å². The normalized spacial score (nSPS) is 17.3. The van der Waals surface area contributed by atoms with Gasteiger partial charge in [0, 0.05) is 12.5 Å². The van der Waals surface area contributed by atoms with Gasteiger partial charge in [-0.05, 0) is 37.4 Å². The Morgan fingerprint density at radius 3 is 2.74 bits per heavy atom. The Labute approximate surface area is 117 Å². The molecule has 0 aromatic carbocycles. The van der Waals surface area contributed by atoms with Gasteiger partial charge in [0.05, 0.1) is 18.4 Å². The van der Waals surface area contributed by atoms with Gasteiger partial charge in [-0.25, -0.2) is 0 Å². The third kappa shape index (κ3) is 3.88. The molecule has 2 rings (SSSR count). The number of rotatable bonds is 5. The van der Waals surface area contributed by atoms with Gasteiger partial charge in [0.15, 0.2) is 5.78 Å². The van der Waals surface area contributed by atoms with Gasteiger partial charge in [0.25, 0.3) is 0 Å². The van der Waals surface area contributed by atoms with E-state index in [1.165, 1.54) is 18.4 Å². The van der Waals surface area contributed by atoms with Gasteiger partial charge in [-0.3, -0.25) is 9.59 Å². The fraction of sp³-hybridized carbons (Fsp3) is 0.571. The van der Waals surface area contributed by atoms with Gasteiger partial charge in [-0.1, -0.05) is 6.07 Å². The van der Waals surface area contributed by atoms with Gasteiger partial charge in [-0.2, -0.15) is 0 Å². The number of hydrogen-bond donors (Lipinski definition) is 0. The summed E-state index contributed by atoms with van der Waals surface area (Å²) in [6, 6.07) is 3.82.